The van der Waals surface area contributed by atoms with E-state index in [9.17, 15) is 4.79 Å². The molecular weight excluding hydrogens is 400 g/mol. The molecule has 0 spiro atoms. The molecule has 1 atom stereocenters. The van der Waals surface area contributed by atoms with Gasteiger partial charge in [0, 0.05) is 33.8 Å². The largest absolute Gasteiger partial charge is 0.471 e. The molecular formula is C21H34N4O4Si. The number of hydrogen-bond acceptors (Lipinski definition) is 6. The van der Waals surface area contributed by atoms with Gasteiger partial charge in [0.15, 0.2) is 5.65 Å². The molecule has 2 aromatic heterocycles. The number of carbonyl (C=O) groups excluding carboxylic acids is 1. The second-order valence-corrected chi connectivity index (χ2v) is 15.6. The Morgan fingerprint density at radius 3 is 2.77 bits per heavy atom. The Kier molecular flexibility index (Phi) is 6.71. The molecule has 1 unspecified atom stereocenters. The molecule has 8 nitrogen and oxygen atoms in total. The molecule has 0 N–H and O–H groups in total. The van der Waals surface area contributed by atoms with Gasteiger partial charge in [0.2, 0.25) is 5.88 Å². The first-order valence-corrected chi connectivity index (χ1v) is 14.3. The van der Waals surface area contributed by atoms with Crippen LogP contribution in [-0.4, -0.2) is 65.0 Å². The van der Waals surface area contributed by atoms with Crippen molar-refractivity contribution < 1.29 is 19.0 Å². The number of ether oxygens (including phenoxy) is 3. The molecule has 0 saturated carbocycles. The van der Waals surface area contributed by atoms with Crippen LogP contribution in [0.15, 0.2) is 18.5 Å². The van der Waals surface area contributed by atoms with Crippen LogP contribution in [0.2, 0.25) is 25.7 Å². The summed E-state index contributed by atoms with van der Waals surface area (Å²) in [5.41, 5.74) is 1.04. The fourth-order valence-corrected chi connectivity index (χ4v) is 3.89. The SMILES string of the molecule is CC(C)(C)OC(=O)N1CCC(Oc2cnc3c(ccn3COCC[Si](C)(C)C)n2)C1. The normalized spacial score (nSPS) is 17.5. The van der Waals surface area contributed by atoms with Gasteiger partial charge in [0.1, 0.15) is 24.0 Å². The van der Waals surface area contributed by atoms with Gasteiger partial charge in [-0.15, -0.1) is 0 Å². The van der Waals surface area contributed by atoms with Crippen LogP contribution >= 0.6 is 0 Å². The summed E-state index contributed by atoms with van der Waals surface area (Å²) in [5, 5.41) is 0. The summed E-state index contributed by atoms with van der Waals surface area (Å²) in [4.78, 5) is 23.0. The zero-order valence-electron chi connectivity index (χ0n) is 19.0. The lowest BCUT2D eigenvalue weighted by Gasteiger charge is -2.24. The molecule has 1 amide bonds. The van der Waals surface area contributed by atoms with Gasteiger partial charge < -0.3 is 23.7 Å². The van der Waals surface area contributed by atoms with Gasteiger partial charge in [0.25, 0.3) is 0 Å². The van der Waals surface area contributed by atoms with Crippen LogP contribution in [-0.2, 0) is 16.2 Å². The summed E-state index contributed by atoms with van der Waals surface area (Å²) in [7, 11) is -1.09. The molecule has 1 aliphatic heterocycles. The van der Waals surface area contributed by atoms with E-state index in [1.54, 1.807) is 11.1 Å². The summed E-state index contributed by atoms with van der Waals surface area (Å²) in [6.07, 6.45) is 3.89. The third kappa shape index (κ3) is 6.43. The third-order valence-electron chi connectivity index (χ3n) is 4.75. The molecule has 1 aliphatic rings. The quantitative estimate of drug-likeness (QED) is 0.482. The van der Waals surface area contributed by atoms with Crippen molar-refractivity contribution in [3.05, 3.63) is 18.5 Å². The van der Waals surface area contributed by atoms with E-state index in [0.29, 0.717) is 25.7 Å². The van der Waals surface area contributed by atoms with Crippen LogP contribution in [0.5, 0.6) is 5.88 Å². The van der Waals surface area contributed by atoms with E-state index in [-0.39, 0.29) is 12.2 Å². The van der Waals surface area contributed by atoms with E-state index in [4.69, 9.17) is 14.2 Å². The van der Waals surface area contributed by atoms with E-state index in [1.807, 2.05) is 37.6 Å². The average molecular weight is 435 g/mol. The van der Waals surface area contributed by atoms with Gasteiger partial charge in [-0.3, -0.25) is 0 Å². The van der Waals surface area contributed by atoms with Gasteiger partial charge in [0.05, 0.1) is 12.7 Å². The highest BCUT2D eigenvalue weighted by atomic mass is 28.3. The maximum absolute atomic E-state index is 12.2. The minimum Gasteiger partial charge on any atom is -0.471 e. The van der Waals surface area contributed by atoms with Crippen molar-refractivity contribution in [3.63, 3.8) is 0 Å². The Hall–Kier alpha value is -2.13. The predicted octanol–water partition coefficient (Wildman–Crippen LogP) is 4.13. The van der Waals surface area contributed by atoms with Crippen molar-refractivity contribution in [2.24, 2.45) is 0 Å². The number of carbonyl (C=O) groups is 1. The Morgan fingerprint density at radius 1 is 1.30 bits per heavy atom. The van der Waals surface area contributed by atoms with E-state index < -0.39 is 13.7 Å². The number of amides is 1. The number of nitrogens with zero attached hydrogens (tertiary/aromatic N) is 4. The van der Waals surface area contributed by atoms with Crippen molar-refractivity contribution in [1.29, 1.82) is 0 Å². The lowest BCUT2D eigenvalue weighted by Crippen LogP contribution is -2.36. The highest BCUT2D eigenvalue weighted by Gasteiger charge is 2.31. The number of likely N-dealkylation sites (tertiary alicyclic amines) is 1. The molecule has 0 aromatic carbocycles. The molecule has 3 rings (SSSR count). The monoisotopic (exact) mass is 434 g/mol. The zero-order chi connectivity index (χ0) is 21.9. The van der Waals surface area contributed by atoms with Crippen molar-refractivity contribution in [1.82, 2.24) is 19.4 Å². The van der Waals surface area contributed by atoms with Crippen molar-refractivity contribution in [2.45, 2.75) is 71.3 Å². The van der Waals surface area contributed by atoms with E-state index in [1.165, 1.54) is 0 Å². The first kappa shape index (κ1) is 22.5. The highest BCUT2D eigenvalue weighted by Crippen LogP contribution is 2.21. The Bertz CT molecular complexity index is 872. The summed E-state index contributed by atoms with van der Waals surface area (Å²) in [5.74, 6) is 0.468. The van der Waals surface area contributed by atoms with Crippen LogP contribution in [0.1, 0.15) is 27.2 Å². The molecule has 30 heavy (non-hydrogen) atoms. The fraction of sp³-hybridized carbons (Fsp3) is 0.667. The molecule has 0 bridgehead atoms. The van der Waals surface area contributed by atoms with Crippen molar-refractivity contribution in [3.8, 4) is 5.88 Å². The van der Waals surface area contributed by atoms with Crippen molar-refractivity contribution in [2.75, 3.05) is 19.7 Å². The summed E-state index contributed by atoms with van der Waals surface area (Å²) in [6.45, 7) is 14.9. The average Bonchev–Trinajstić information content (AvgIpc) is 3.23. The highest BCUT2D eigenvalue weighted by molar-refractivity contribution is 6.76. The number of aromatic nitrogens is 3. The topological polar surface area (TPSA) is 78.7 Å². The number of fused-ring (bicyclic) bond motifs is 1. The standard InChI is InChI=1S/C21H34N4O4Si/c1-21(2,3)29-20(26)24-9-7-16(14-24)28-18-13-22-19-17(23-18)8-10-25(19)15-27-11-12-30(4,5)6/h8,10,13,16H,7,9,11-12,14-15H2,1-6H3. The molecule has 9 heteroatoms. The zero-order valence-corrected chi connectivity index (χ0v) is 20.0. The molecule has 3 heterocycles. The van der Waals surface area contributed by atoms with E-state index in [0.717, 1.165) is 30.2 Å². The first-order chi connectivity index (χ1) is 14.0. The maximum Gasteiger partial charge on any atom is 0.410 e. The Labute approximate surface area is 179 Å². The van der Waals surface area contributed by atoms with Gasteiger partial charge in [-0.2, -0.15) is 0 Å². The summed E-state index contributed by atoms with van der Waals surface area (Å²) >= 11 is 0. The van der Waals surface area contributed by atoms with Gasteiger partial charge in [-0.05, 0) is 32.9 Å². The summed E-state index contributed by atoms with van der Waals surface area (Å²) < 4.78 is 19.2. The van der Waals surface area contributed by atoms with Gasteiger partial charge >= 0.3 is 6.09 Å². The third-order valence-corrected chi connectivity index (χ3v) is 6.46. The van der Waals surface area contributed by atoms with Crippen LogP contribution in [0.25, 0.3) is 11.2 Å². The van der Waals surface area contributed by atoms with E-state index in [2.05, 4.69) is 29.6 Å². The Morgan fingerprint density at radius 2 is 2.07 bits per heavy atom. The number of rotatable bonds is 7. The van der Waals surface area contributed by atoms with E-state index >= 15 is 0 Å². The number of hydrogen-bond donors (Lipinski definition) is 0. The van der Waals surface area contributed by atoms with Crippen LogP contribution in [0.4, 0.5) is 4.79 Å². The Balaban J connectivity index is 1.54. The maximum atomic E-state index is 12.2. The predicted molar refractivity (Wildman–Crippen MR) is 118 cm³/mol. The van der Waals surface area contributed by atoms with Crippen LogP contribution in [0, 0.1) is 0 Å². The molecule has 0 aliphatic carbocycles. The smallest absolute Gasteiger partial charge is 0.410 e. The molecule has 166 valence electrons. The molecule has 1 fully saturated rings. The van der Waals surface area contributed by atoms with Gasteiger partial charge in [-0.1, -0.05) is 19.6 Å². The fourth-order valence-electron chi connectivity index (χ4n) is 3.13. The van der Waals surface area contributed by atoms with Crippen molar-refractivity contribution >= 4 is 25.3 Å². The van der Waals surface area contributed by atoms with Gasteiger partial charge in [-0.25, -0.2) is 14.8 Å². The lowest BCUT2D eigenvalue weighted by molar-refractivity contribution is 0.0275. The molecule has 0 radical (unpaired) electrons. The minimum atomic E-state index is -1.09. The van der Waals surface area contributed by atoms with Crippen LogP contribution < -0.4 is 4.74 Å². The second kappa shape index (κ2) is 8.93. The first-order valence-electron chi connectivity index (χ1n) is 10.5. The summed E-state index contributed by atoms with van der Waals surface area (Å²) in [6, 6.07) is 3.05. The molecule has 2 aromatic rings. The lowest BCUT2D eigenvalue weighted by atomic mass is 10.2. The van der Waals surface area contributed by atoms with Crippen LogP contribution in [0.3, 0.4) is 0 Å². The molecule has 1 saturated heterocycles. The minimum absolute atomic E-state index is 0.115. The second-order valence-electron chi connectivity index (χ2n) is 10.0.